The molecule has 2 fully saturated rings. The molecule has 0 spiro atoms. The summed E-state index contributed by atoms with van der Waals surface area (Å²) in [4.78, 5) is 17.3. The number of carbonyl (C=O) groups is 1. The number of ether oxygens (including phenoxy) is 1. The number of nitriles is 1. The molecule has 0 aliphatic carbocycles. The molecule has 2 bridgehead atoms. The van der Waals surface area contributed by atoms with Gasteiger partial charge in [0.25, 0.3) is 0 Å². The van der Waals surface area contributed by atoms with Crippen LogP contribution in [-0.4, -0.2) is 87.3 Å². The van der Waals surface area contributed by atoms with Gasteiger partial charge in [0.2, 0.25) is 10.0 Å². The normalized spacial score (nSPS) is 21.4. The quantitative estimate of drug-likeness (QED) is 0.462. The first-order chi connectivity index (χ1) is 17.2. The lowest BCUT2D eigenvalue weighted by molar-refractivity contribution is 0.00133. The highest BCUT2D eigenvalue weighted by atomic mass is 32.2. The van der Waals surface area contributed by atoms with E-state index >= 15 is 0 Å². The minimum absolute atomic E-state index is 0.0214. The number of sulfonamides is 1. The SMILES string of the molecule is CS(=O)(=O)Nc1ccc(C(=O)CN2CC3CC(C2)CN(CC(O)COc2ccc(C#N)cc2)C3)cc1. The second-order valence-corrected chi connectivity index (χ2v) is 11.6. The van der Waals surface area contributed by atoms with Crippen molar-refractivity contribution in [1.29, 1.82) is 5.26 Å². The van der Waals surface area contributed by atoms with Gasteiger partial charge in [0, 0.05) is 44.0 Å². The van der Waals surface area contributed by atoms with Gasteiger partial charge in [0.15, 0.2) is 5.78 Å². The van der Waals surface area contributed by atoms with Gasteiger partial charge in [-0.05, 0) is 66.8 Å². The van der Waals surface area contributed by atoms with Gasteiger partial charge in [-0.15, -0.1) is 0 Å². The highest BCUT2D eigenvalue weighted by Crippen LogP contribution is 2.29. The number of Topliss-reactive ketones (excluding diaryl/α,β-unsaturated/α-hetero) is 1. The first-order valence-corrected chi connectivity index (χ1v) is 13.9. The summed E-state index contributed by atoms with van der Waals surface area (Å²) >= 11 is 0. The molecule has 0 aromatic heterocycles. The summed E-state index contributed by atoms with van der Waals surface area (Å²) in [7, 11) is -3.35. The van der Waals surface area contributed by atoms with Crippen molar-refractivity contribution in [2.24, 2.45) is 11.8 Å². The van der Waals surface area contributed by atoms with Gasteiger partial charge in [-0.25, -0.2) is 8.42 Å². The minimum atomic E-state index is -3.35. The largest absolute Gasteiger partial charge is 0.491 e. The van der Waals surface area contributed by atoms with E-state index in [2.05, 4.69) is 20.6 Å². The Morgan fingerprint density at radius 2 is 1.69 bits per heavy atom. The number of anilines is 1. The number of rotatable bonds is 10. The maximum atomic E-state index is 12.8. The highest BCUT2D eigenvalue weighted by molar-refractivity contribution is 7.92. The van der Waals surface area contributed by atoms with E-state index in [1.165, 1.54) is 0 Å². The molecule has 3 atom stereocenters. The van der Waals surface area contributed by atoms with Crippen LogP contribution < -0.4 is 9.46 Å². The van der Waals surface area contributed by atoms with Crippen molar-refractivity contribution in [2.45, 2.75) is 12.5 Å². The standard InChI is InChI=1S/C26H32N4O5S/c1-36(33,34)28-23-6-4-22(5-7-23)26(32)17-30-14-20-10-21(15-30)13-29(12-20)16-24(31)18-35-25-8-2-19(11-27)3-9-25/h2-9,20-21,24,28,31H,10,12-18H2,1H3. The lowest BCUT2D eigenvalue weighted by Gasteiger charge is -2.46. The molecule has 0 amide bonds. The third-order valence-corrected chi connectivity index (χ3v) is 7.11. The predicted octanol–water partition coefficient (Wildman–Crippen LogP) is 1.81. The summed E-state index contributed by atoms with van der Waals surface area (Å²) in [5, 5.41) is 19.4. The average molecular weight is 513 g/mol. The molecule has 3 unspecified atom stereocenters. The van der Waals surface area contributed by atoms with E-state index in [9.17, 15) is 18.3 Å². The first-order valence-electron chi connectivity index (χ1n) is 12.0. The van der Waals surface area contributed by atoms with Gasteiger partial charge in [-0.3, -0.25) is 19.3 Å². The summed E-state index contributed by atoms with van der Waals surface area (Å²) in [6, 6.07) is 15.4. The Balaban J connectivity index is 1.22. The van der Waals surface area contributed by atoms with Crippen LogP contribution in [0.15, 0.2) is 48.5 Å². The van der Waals surface area contributed by atoms with E-state index in [0.29, 0.717) is 47.5 Å². The smallest absolute Gasteiger partial charge is 0.229 e. The number of nitrogens with zero attached hydrogens (tertiary/aromatic N) is 3. The van der Waals surface area contributed by atoms with E-state index in [4.69, 9.17) is 10.00 Å². The molecule has 36 heavy (non-hydrogen) atoms. The van der Waals surface area contributed by atoms with Crippen LogP contribution in [0.5, 0.6) is 5.75 Å². The number of nitrogens with one attached hydrogen (secondary N) is 1. The number of fused-ring (bicyclic) bond motifs is 2. The molecule has 2 heterocycles. The number of benzene rings is 2. The van der Waals surface area contributed by atoms with Crippen molar-refractivity contribution in [1.82, 2.24) is 9.80 Å². The summed E-state index contributed by atoms with van der Waals surface area (Å²) in [5.41, 5.74) is 1.57. The number of aliphatic hydroxyl groups is 1. The Hall–Kier alpha value is -2.97. The molecule has 0 saturated carbocycles. The Labute approximate surface area is 212 Å². The third-order valence-electron chi connectivity index (χ3n) is 6.50. The maximum absolute atomic E-state index is 12.8. The van der Waals surface area contributed by atoms with Crippen LogP contribution in [0.2, 0.25) is 0 Å². The van der Waals surface area contributed by atoms with Crippen LogP contribution in [0, 0.1) is 23.2 Å². The second-order valence-electron chi connectivity index (χ2n) is 9.86. The van der Waals surface area contributed by atoms with Gasteiger partial charge in [-0.1, -0.05) is 0 Å². The van der Waals surface area contributed by atoms with Crippen LogP contribution in [0.1, 0.15) is 22.3 Å². The molecule has 10 heteroatoms. The Morgan fingerprint density at radius 3 is 2.28 bits per heavy atom. The summed E-state index contributed by atoms with van der Waals surface area (Å²) in [6.07, 6.45) is 1.61. The zero-order chi connectivity index (χ0) is 25.7. The Bertz CT molecular complexity index is 1180. The molecule has 2 aromatic rings. The van der Waals surface area contributed by atoms with Crippen molar-refractivity contribution in [3.63, 3.8) is 0 Å². The topological polar surface area (TPSA) is 123 Å². The van der Waals surface area contributed by atoms with Gasteiger partial charge < -0.3 is 9.84 Å². The van der Waals surface area contributed by atoms with Crippen LogP contribution >= 0.6 is 0 Å². The lowest BCUT2D eigenvalue weighted by Crippen LogP contribution is -2.54. The molecule has 2 aliphatic rings. The number of carbonyl (C=O) groups excluding carboxylic acids is 1. The van der Waals surface area contributed by atoms with Crippen LogP contribution in [0.25, 0.3) is 0 Å². The summed E-state index contributed by atoms with van der Waals surface area (Å²) in [6.45, 7) is 4.50. The number of piperidine rings is 2. The second kappa shape index (κ2) is 11.4. The van der Waals surface area contributed by atoms with Crippen LogP contribution in [0.4, 0.5) is 5.69 Å². The predicted molar refractivity (Wildman–Crippen MR) is 136 cm³/mol. The number of hydrogen-bond donors (Lipinski definition) is 2. The van der Waals surface area contributed by atoms with Crippen molar-refractivity contribution >= 4 is 21.5 Å². The maximum Gasteiger partial charge on any atom is 0.229 e. The van der Waals surface area contributed by atoms with E-state index in [-0.39, 0.29) is 12.4 Å². The summed E-state index contributed by atoms with van der Waals surface area (Å²) in [5.74, 6) is 1.54. The van der Waals surface area contributed by atoms with E-state index < -0.39 is 16.1 Å². The number of aliphatic hydroxyl groups excluding tert-OH is 1. The zero-order valence-corrected chi connectivity index (χ0v) is 21.2. The molecular formula is C26H32N4O5S. The fourth-order valence-electron chi connectivity index (χ4n) is 5.17. The third kappa shape index (κ3) is 7.51. The van der Waals surface area contributed by atoms with Crippen LogP contribution in [-0.2, 0) is 10.0 Å². The molecule has 2 aromatic carbocycles. The number of ketones is 1. The monoisotopic (exact) mass is 512 g/mol. The molecule has 0 radical (unpaired) electrons. The van der Waals surface area contributed by atoms with Crippen molar-refractivity contribution in [3.05, 3.63) is 59.7 Å². The molecule has 192 valence electrons. The number of β-amino-alcohol motifs (C(OH)–C–C–N with tert-alkyl or cyclic N) is 1. The van der Waals surface area contributed by atoms with Gasteiger partial charge >= 0.3 is 0 Å². The lowest BCUT2D eigenvalue weighted by atomic mass is 9.84. The Kier molecular flexibility index (Phi) is 8.26. The minimum Gasteiger partial charge on any atom is -0.491 e. The van der Waals surface area contributed by atoms with Gasteiger partial charge in [0.1, 0.15) is 18.5 Å². The molecule has 2 saturated heterocycles. The number of likely N-dealkylation sites (tertiary alicyclic amines) is 2. The molecule has 4 rings (SSSR count). The van der Waals surface area contributed by atoms with Gasteiger partial charge in [0.05, 0.1) is 24.4 Å². The highest BCUT2D eigenvalue weighted by Gasteiger charge is 2.35. The fraction of sp³-hybridized carbons (Fsp3) is 0.462. The fourth-order valence-corrected chi connectivity index (χ4v) is 5.74. The first kappa shape index (κ1) is 26.1. The van der Waals surface area contributed by atoms with Crippen molar-refractivity contribution in [3.8, 4) is 11.8 Å². The van der Waals surface area contributed by atoms with E-state index in [1.54, 1.807) is 48.5 Å². The van der Waals surface area contributed by atoms with Crippen molar-refractivity contribution in [2.75, 3.05) is 56.9 Å². The van der Waals surface area contributed by atoms with Crippen molar-refractivity contribution < 1.29 is 23.1 Å². The van der Waals surface area contributed by atoms with E-state index in [1.807, 2.05) is 0 Å². The number of hydrogen-bond acceptors (Lipinski definition) is 8. The molecule has 2 N–H and O–H groups in total. The molecule has 9 nitrogen and oxygen atoms in total. The van der Waals surface area contributed by atoms with E-state index in [0.717, 1.165) is 38.9 Å². The molecule has 2 aliphatic heterocycles. The average Bonchev–Trinajstić information content (AvgIpc) is 2.82. The zero-order valence-electron chi connectivity index (χ0n) is 20.3. The van der Waals surface area contributed by atoms with Crippen LogP contribution in [0.3, 0.4) is 0 Å². The van der Waals surface area contributed by atoms with Gasteiger partial charge in [-0.2, -0.15) is 5.26 Å². The summed E-state index contributed by atoms with van der Waals surface area (Å²) < 4.78 is 30.8. The molecular weight excluding hydrogens is 480 g/mol. The Morgan fingerprint density at radius 1 is 1.08 bits per heavy atom.